The van der Waals surface area contributed by atoms with Crippen LogP contribution < -0.4 is 0 Å². The van der Waals surface area contributed by atoms with Gasteiger partial charge in [-0.25, -0.2) is 4.79 Å². The number of halogens is 1. The van der Waals surface area contributed by atoms with Gasteiger partial charge in [0.2, 0.25) is 5.82 Å². The van der Waals surface area contributed by atoms with Gasteiger partial charge in [0.15, 0.2) is 6.61 Å². The third kappa shape index (κ3) is 3.37. The van der Waals surface area contributed by atoms with E-state index in [1.54, 1.807) is 18.2 Å². The Morgan fingerprint density at radius 2 is 2.24 bits per heavy atom. The van der Waals surface area contributed by atoms with E-state index in [0.29, 0.717) is 11.4 Å². The van der Waals surface area contributed by atoms with Crippen LogP contribution in [0.15, 0.2) is 50.8 Å². The number of rotatable bonds is 4. The van der Waals surface area contributed by atoms with Crippen molar-refractivity contribution in [2.24, 2.45) is 0 Å². The molecule has 2 aromatic heterocycles. The molecule has 0 saturated carbocycles. The van der Waals surface area contributed by atoms with Gasteiger partial charge in [0.25, 0.3) is 5.89 Å². The second kappa shape index (κ2) is 6.19. The summed E-state index contributed by atoms with van der Waals surface area (Å²) < 4.78 is 11.0. The van der Waals surface area contributed by atoms with E-state index in [0.717, 1.165) is 9.35 Å². The Labute approximate surface area is 132 Å². The van der Waals surface area contributed by atoms with Crippen LogP contribution >= 0.6 is 27.3 Å². The second-order valence-electron chi connectivity index (χ2n) is 4.08. The van der Waals surface area contributed by atoms with E-state index >= 15 is 0 Å². The van der Waals surface area contributed by atoms with Crippen LogP contribution in [0.4, 0.5) is 0 Å². The zero-order valence-corrected chi connectivity index (χ0v) is 13.1. The monoisotopic (exact) mass is 364 g/mol. The largest absolute Gasteiger partial charge is 0.452 e. The Morgan fingerprint density at radius 3 is 3.00 bits per heavy atom. The maximum absolute atomic E-state index is 11.9. The van der Waals surface area contributed by atoms with Gasteiger partial charge in [-0.1, -0.05) is 33.2 Å². The van der Waals surface area contributed by atoms with E-state index in [9.17, 15) is 4.79 Å². The quantitative estimate of drug-likeness (QED) is 0.656. The molecule has 0 amide bonds. The third-order valence-corrected chi connectivity index (χ3v) is 3.96. The van der Waals surface area contributed by atoms with Crippen LogP contribution in [0.2, 0.25) is 0 Å². The van der Waals surface area contributed by atoms with Gasteiger partial charge >= 0.3 is 5.97 Å². The molecule has 7 heteroatoms. The molecule has 0 aliphatic carbocycles. The number of carbonyl (C=O) groups excluding carboxylic acids is 1. The molecule has 0 atom stereocenters. The molecule has 2 heterocycles. The van der Waals surface area contributed by atoms with Crippen molar-refractivity contribution in [3.63, 3.8) is 0 Å². The average Bonchev–Trinajstić information content (AvgIpc) is 3.15. The Morgan fingerprint density at radius 1 is 1.33 bits per heavy atom. The van der Waals surface area contributed by atoms with Crippen molar-refractivity contribution in [3.05, 3.63) is 57.7 Å². The van der Waals surface area contributed by atoms with Gasteiger partial charge in [-0.05, 0) is 29.6 Å². The lowest BCUT2D eigenvalue weighted by Crippen LogP contribution is -2.05. The number of hydrogen-bond donors (Lipinski definition) is 0. The predicted octanol–water partition coefficient (Wildman–Crippen LogP) is 3.92. The van der Waals surface area contributed by atoms with Gasteiger partial charge in [-0.15, -0.1) is 11.3 Å². The van der Waals surface area contributed by atoms with Crippen molar-refractivity contribution in [2.75, 3.05) is 0 Å². The van der Waals surface area contributed by atoms with Crippen LogP contribution in [0.1, 0.15) is 16.2 Å². The topological polar surface area (TPSA) is 65.2 Å². The van der Waals surface area contributed by atoms with Gasteiger partial charge in [0.1, 0.15) is 0 Å². The molecule has 0 aliphatic rings. The summed E-state index contributed by atoms with van der Waals surface area (Å²) >= 11 is 4.82. The summed E-state index contributed by atoms with van der Waals surface area (Å²) in [6.07, 6.45) is 0. The first-order chi connectivity index (χ1) is 10.2. The number of hydrogen-bond acceptors (Lipinski definition) is 6. The Kier molecular flexibility index (Phi) is 4.12. The molecule has 0 N–H and O–H groups in total. The third-order valence-electron chi connectivity index (χ3n) is 2.60. The van der Waals surface area contributed by atoms with Crippen LogP contribution in [-0.4, -0.2) is 16.1 Å². The van der Waals surface area contributed by atoms with Crippen LogP contribution in [0.3, 0.4) is 0 Å². The summed E-state index contributed by atoms with van der Waals surface area (Å²) in [5, 5.41) is 5.78. The van der Waals surface area contributed by atoms with Crippen LogP contribution in [0.25, 0.3) is 10.7 Å². The zero-order valence-electron chi connectivity index (χ0n) is 10.7. The molecule has 0 spiro atoms. The molecular formula is C14H9BrN2O3S. The summed E-state index contributed by atoms with van der Waals surface area (Å²) in [6, 6.07) is 10.8. The molecule has 0 bridgehead atoms. The van der Waals surface area contributed by atoms with Crippen molar-refractivity contribution >= 4 is 33.2 Å². The van der Waals surface area contributed by atoms with E-state index in [1.807, 2.05) is 23.6 Å². The molecule has 1 aromatic carbocycles. The van der Waals surface area contributed by atoms with Gasteiger partial charge in [-0.2, -0.15) is 4.98 Å². The number of carbonyl (C=O) groups is 1. The van der Waals surface area contributed by atoms with E-state index in [-0.39, 0.29) is 12.5 Å². The smallest absolute Gasteiger partial charge is 0.338 e. The Balaban J connectivity index is 1.64. The first kappa shape index (κ1) is 14.0. The fourth-order valence-electron chi connectivity index (χ4n) is 1.65. The Hall–Kier alpha value is -1.99. The highest BCUT2D eigenvalue weighted by Crippen LogP contribution is 2.21. The van der Waals surface area contributed by atoms with Crippen molar-refractivity contribution < 1.29 is 14.1 Å². The molecule has 5 nitrogen and oxygen atoms in total. The minimum Gasteiger partial charge on any atom is -0.452 e. The average molecular weight is 365 g/mol. The first-order valence-electron chi connectivity index (χ1n) is 6.01. The molecule has 0 fully saturated rings. The van der Waals surface area contributed by atoms with Crippen molar-refractivity contribution in [1.82, 2.24) is 10.1 Å². The fourth-order valence-corrected chi connectivity index (χ4v) is 2.69. The number of aromatic nitrogens is 2. The molecule has 21 heavy (non-hydrogen) atoms. The van der Waals surface area contributed by atoms with Crippen LogP contribution in [0.5, 0.6) is 0 Å². The summed E-state index contributed by atoms with van der Waals surface area (Å²) in [5.41, 5.74) is 0.461. The highest BCUT2D eigenvalue weighted by atomic mass is 79.9. The minimum absolute atomic E-state index is 0.0519. The summed E-state index contributed by atoms with van der Waals surface area (Å²) in [4.78, 5) is 17.0. The number of benzene rings is 1. The van der Waals surface area contributed by atoms with Crippen molar-refractivity contribution in [1.29, 1.82) is 0 Å². The first-order valence-corrected chi connectivity index (χ1v) is 7.69. The van der Waals surface area contributed by atoms with Gasteiger partial charge in [-0.3, -0.25) is 0 Å². The normalized spacial score (nSPS) is 10.5. The molecule has 3 rings (SSSR count). The fraction of sp³-hybridized carbons (Fsp3) is 0.0714. The van der Waals surface area contributed by atoms with E-state index in [1.165, 1.54) is 11.3 Å². The van der Waals surface area contributed by atoms with E-state index in [4.69, 9.17) is 9.26 Å². The maximum atomic E-state index is 11.9. The van der Waals surface area contributed by atoms with Crippen LogP contribution in [-0.2, 0) is 11.3 Å². The minimum atomic E-state index is -0.438. The summed E-state index contributed by atoms with van der Waals surface area (Å²) in [5.74, 6) is 0.326. The SMILES string of the molecule is O=C(OCc1nc(-c2cccs2)no1)c1cccc(Br)c1. The summed E-state index contributed by atoms with van der Waals surface area (Å²) in [7, 11) is 0. The van der Waals surface area contributed by atoms with Gasteiger partial charge in [0.05, 0.1) is 10.4 Å². The highest BCUT2D eigenvalue weighted by Gasteiger charge is 2.13. The number of esters is 1. The number of thiophene rings is 1. The second-order valence-corrected chi connectivity index (χ2v) is 5.94. The van der Waals surface area contributed by atoms with E-state index in [2.05, 4.69) is 26.1 Å². The lowest BCUT2D eigenvalue weighted by atomic mass is 10.2. The number of ether oxygens (including phenoxy) is 1. The lowest BCUT2D eigenvalue weighted by Gasteiger charge is -2.01. The van der Waals surface area contributed by atoms with Crippen LogP contribution in [0, 0.1) is 0 Å². The highest BCUT2D eigenvalue weighted by molar-refractivity contribution is 9.10. The molecular weight excluding hydrogens is 356 g/mol. The predicted molar refractivity (Wildman–Crippen MR) is 80.9 cm³/mol. The Bertz CT molecular complexity index is 755. The van der Waals surface area contributed by atoms with Crippen molar-refractivity contribution in [2.45, 2.75) is 6.61 Å². The zero-order chi connectivity index (χ0) is 14.7. The molecule has 0 saturated heterocycles. The summed E-state index contributed by atoms with van der Waals surface area (Å²) in [6.45, 7) is -0.0519. The molecule has 0 aliphatic heterocycles. The molecule has 106 valence electrons. The molecule has 3 aromatic rings. The van der Waals surface area contributed by atoms with Crippen molar-refractivity contribution in [3.8, 4) is 10.7 Å². The van der Waals surface area contributed by atoms with E-state index < -0.39 is 5.97 Å². The number of nitrogens with zero attached hydrogens (tertiary/aromatic N) is 2. The molecule has 0 radical (unpaired) electrons. The van der Waals surface area contributed by atoms with Gasteiger partial charge in [0, 0.05) is 4.47 Å². The van der Waals surface area contributed by atoms with Gasteiger partial charge < -0.3 is 9.26 Å². The maximum Gasteiger partial charge on any atom is 0.338 e. The standard InChI is InChI=1S/C14H9BrN2O3S/c15-10-4-1-3-9(7-10)14(18)19-8-12-16-13(17-20-12)11-5-2-6-21-11/h1-7H,8H2. The molecule has 0 unspecified atom stereocenters. The lowest BCUT2D eigenvalue weighted by molar-refractivity contribution is 0.0429.